The van der Waals surface area contributed by atoms with Crippen LogP contribution in [0.2, 0.25) is 0 Å². The van der Waals surface area contributed by atoms with Crippen LogP contribution in [0.5, 0.6) is 0 Å². The summed E-state index contributed by atoms with van der Waals surface area (Å²) in [5.41, 5.74) is 9.24. The fraction of sp³-hybridized carbons (Fsp3) is 0.100. The van der Waals surface area contributed by atoms with Gasteiger partial charge in [-0.15, -0.1) is 0 Å². The first-order valence-corrected chi connectivity index (χ1v) is 14.7. The molecule has 0 aliphatic carbocycles. The van der Waals surface area contributed by atoms with E-state index in [-0.39, 0.29) is 0 Å². The van der Waals surface area contributed by atoms with E-state index in [9.17, 15) is 0 Å². The molecule has 0 saturated heterocycles. The average molecular weight is 575 g/mol. The quantitative estimate of drug-likeness (QED) is 0.178. The fourth-order valence-corrected chi connectivity index (χ4v) is 4.81. The average Bonchev–Trinajstić information content (AvgIpc) is 3.06. The van der Waals surface area contributed by atoms with Gasteiger partial charge in [0, 0.05) is 62.7 Å². The third-order valence-corrected chi connectivity index (χ3v) is 7.32. The lowest BCUT2D eigenvalue weighted by atomic mass is 10.1. The number of nitrogens with zero attached hydrogens (tertiary/aromatic N) is 4. The van der Waals surface area contributed by atoms with Crippen molar-refractivity contribution in [3.05, 3.63) is 156 Å². The Morgan fingerprint density at radius 3 is 1.36 bits per heavy atom. The maximum Gasteiger partial charge on any atom is 0.0707 e. The van der Waals surface area contributed by atoms with Crippen molar-refractivity contribution in [3.63, 3.8) is 0 Å². The van der Waals surface area contributed by atoms with Gasteiger partial charge in [-0.1, -0.05) is 97.1 Å². The Kier molecular flexibility index (Phi) is 9.96. The van der Waals surface area contributed by atoms with Crippen molar-refractivity contribution in [3.8, 4) is 0 Å². The van der Waals surface area contributed by atoms with Crippen molar-refractivity contribution in [2.45, 2.75) is 0 Å². The molecule has 0 unspecified atom stereocenters. The predicted octanol–water partition coefficient (Wildman–Crippen LogP) is 9.50. The number of fused-ring (bicyclic) bond motifs is 2. The molecule has 0 aliphatic heterocycles. The van der Waals surface area contributed by atoms with Crippen molar-refractivity contribution < 1.29 is 0 Å². The van der Waals surface area contributed by atoms with Crippen LogP contribution in [0.25, 0.3) is 46.1 Å². The summed E-state index contributed by atoms with van der Waals surface area (Å²) in [7, 11) is 8.20. The van der Waals surface area contributed by atoms with Gasteiger partial charge in [0.25, 0.3) is 0 Å². The number of hydrogen-bond donors (Lipinski definition) is 0. The number of aromatic nitrogens is 2. The van der Waals surface area contributed by atoms with E-state index >= 15 is 0 Å². The fourth-order valence-electron chi connectivity index (χ4n) is 4.81. The molecule has 4 aromatic carbocycles. The lowest BCUT2D eigenvalue weighted by Crippen LogP contribution is -2.07. The van der Waals surface area contributed by atoms with Gasteiger partial charge >= 0.3 is 0 Å². The van der Waals surface area contributed by atoms with E-state index in [1.54, 1.807) is 0 Å². The summed E-state index contributed by atoms with van der Waals surface area (Å²) in [5.74, 6) is 0. The Morgan fingerprint density at radius 1 is 0.432 bits per heavy atom. The highest BCUT2D eigenvalue weighted by molar-refractivity contribution is 5.90. The molecule has 0 radical (unpaired) electrons. The Bertz CT molecular complexity index is 1890. The Morgan fingerprint density at radius 2 is 0.864 bits per heavy atom. The zero-order valence-corrected chi connectivity index (χ0v) is 25.8. The van der Waals surface area contributed by atoms with E-state index in [1.165, 1.54) is 44.4 Å². The molecular formula is C40H38N4. The molecule has 0 amide bonds. The second kappa shape index (κ2) is 14.6. The van der Waals surface area contributed by atoms with Gasteiger partial charge in [-0.05, 0) is 70.8 Å². The minimum absolute atomic E-state index is 1.03. The standard InChI is InChI=1S/C21H20N2.C19H18N2/c1-23(2)19-13-11-17(12-14-19)7-3-4-8-18-15-16-22-21-10-6-5-9-20(18)21;1-21(2)17-11-8-15(9-12-17)7-10-16-13-14-20-19-6-4-3-5-18(16)19/h3-16H,1-2H3;3-14H,1-2H3. The van der Waals surface area contributed by atoms with Crippen molar-refractivity contribution in [2.24, 2.45) is 0 Å². The first-order chi connectivity index (χ1) is 21.5. The van der Waals surface area contributed by atoms with E-state index < -0.39 is 0 Å². The molecule has 6 rings (SSSR count). The monoisotopic (exact) mass is 574 g/mol. The molecule has 4 nitrogen and oxygen atoms in total. The number of hydrogen-bond acceptors (Lipinski definition) is 4. The molecule has 44 heavy (non-hydrogen) atoms. The second-order valence-corrected chi connectivity index (χ2v) is 10.9. The molecule has 218 valence electrons. The molecule has 0 atom stereocenters. The van der Waals surface area contributed by atoms with Gasteiger partial charge < -0.3 is 9.80 Å². The first-order valence-electron chi connectivity index (χ1n) is 14.7. The van der Waals surface area contributed by atoms with Gasteiger partial charge in [0.15, 0.2) is 0 Å². The summed E-state index contributed by atoms with van der Waals surface area (Å²) in [6.07, 6.45) is 16.4. The zero-order chi connectivity index (χ0) is 30.7. The number of para-hydroxylation sites is 2. The lowest BCUT2D eigenvalue weighted by molar-refractivity contribution is 1.13. The number of rotatable bonds is 7. The Hall–Kier alpha value is -5.48. The molecular weight excluding hydrogens is 536 g/mol. The van der Waals surface area contributed by atoms with Crippen molar-refractivity contribution in [1.29, 1.82) is 0 Å². The van der Waals surface area contributed by atoms with Crippen LogP contribution in [0.4, 0.5) is 11.4 Å². The molecule has 2 heterocycles. The lowest BCUT2D eigenvalue weighted by Gasteiger charge is -2.11. The SMILES string of the molecule is CN(C)c1ccc(C=CC=Cc2ccnc3ccccc23)cc1.CN(C)c1ccc(C=Cc2ccnc3ccccc23)cc1. The largest absolute Gasteiger partial charge is 0.378 e. The molecule has 0 N–H and O–H groups in total. The van der Waals surface area contributed by atoms with Crippen molar-refractivity contribution in [1.82, 2.24) is 9.97 Å². The van der Waals surface area contributed by atoms with Gasteiger partial charge in [0.1, 0.15) is 0 Å². The molecule has 2 aromatic heterocycles. The maximum absolute atomic E-state index is 4.39. The Labute approximate surface area is 261 Å². The van der Waals surface area contributed by atoms with Crippen LogP contribution in [-0.2, 0) is 0 Å². The van der Waals surface area contributed by atoms with Gasteiger partial charge in [0.2, 0.25) is 0 Å². The smallest absolute Gasteiger partial charge is 0.0707 e. The van der Waals surface area contributed by atoms with Crippen LogP contribution in [-0.4, -0.2) is 38.2 Å². The second-order valence-electron chi connectivity index (χ2n) is 10.9. The van der Waals surface area contributed by atoms with Crippen LogP contribution in [0.15, 0.2) is 134 Å². The number of benzene rings is 4. The highest BCUT2D eigenvalue weighted by atomic mass is 15.1. The van der Waals surface area contributed by atoms with E-state index in [2.05, 4.69) is 117 Å². The van der Waals surface area contributed by atoms with Crippen LogP contribution in [0.3, 0.4) is 0 Å². The van der Waals surface area contributed by atoms with Crippen molar-refractivity contribution in [2.75, 3.05) is 38.0 Å². The molecule has 0 aliphatic rings. The molecule has 4 heteroatoms. The first kappa shape index (κ1) is 30.0. The van der Waals surface area contributed by atoms with E-state index in [1.807, 2.05) is 89.1 Å². The van der Waals surface area contributed by atoms with Crippen molar-refractivity contribution >= 4 is 57.5 Å². The van der Waals surface area contributed by atoms with Crippen LogP contribution in [0, 0.1) is 0 Å². The predicted molar refractivity (Wildman–Crippen MR) is 192 cm³/mol. The maximum atomic E-state index is 4.39. The summed E-state index contributed by atoms with van der Waals surface area (Å²) in [6, 6.07) is 37.5. The Balaban J connectivity index is 0.000000175. The number of anilines is 2. The summed E-state index contributed by atoms with van der Waals surface area (Å²) < 4.78 is 0. The highest BCUT2D eigenvalue weighted by Gasteiger charge is 1.99. The van der Waals surface area contributed by atoms with E-state index in [4.69, 9.17) is 0 Å². The summed E-state index contributed by atoms with van der Waals surface area (Å²) in [5, 5.41) is 2.36. The molecule has 0 fully saturated rings. The topological polar surface area (TPSA) is 32.3 Å². The van der Waals surface area contributed by atoms with Crippen LogP contribution in [0.1, 0.15) is 22.3 Å². The minimum Gasteiger partial charge on any atom is -0.378 e. The normalized spacial score (nSPS) is 11.4. The summed E-state index contributed by atoms with van der Waals surface area (Å²) >= 11 is 0. The third kappa shape index (κ3) is 7.87. The van der Waals surface area contributed by atoms with Gasteiger partial charge in [-0.2, -0.15) is 0 Å². The van der Waals surface area contributed by atoms with Gasteiger partial charge in [-0.25, -0.2) is 0 Å². The molecule has 6 aromatic rings. The summed E-state index contributed by atoms with van der Waals surface area (Å²) in [4.78, 5) is 13.0. The van der Waals surface area contributed by atoms with Crippen LogP contribution < -0.4 is 9.80 Å². The molecule has 0 spiro atoms. The molecule has 0 saturated carbocycles. The molecule has 0 bridgehead atoms. The number of pyridine rings is 2. The van der Waals surface area contributed by atoms with E-state index in [0.717, 1.165) is 11.0 Å². The third-order valence-electron chi connectivity index (χ3n) is 7.32. The van der Waals surface area contributed by atoms with Gasteiger partial charge in [0.05, 0.1) is 11.0 Å². The van der Waals surface area contributed by atoms with E-state index in [0.29, 0.717) is 0 Å². The van der Waals surface area contributed by atoms with Gasteiger partial charge in [-0.3, -0.25) is 9.97 Å². The van der Waals surface area contributed by atoms with Crippen LogP contribution >= 0.6 is 0 Å². The highest BCUT2D eigenvalue weighted by Crippen LogP contribution is 2.20. The minimum atomic E-state index is 1.03. The number of allylic oxidation sites excluding steroid dienone is 2. The zero-order valence-electron chi connectivity index (χ0n) is 25.8. The summed E-state index contributed by atoms with van der Waals surface area (Å²) in [6.45, 7) is 0.